The highest BCUT2D eigenvalue weighted by Crippen LogP contribution is 2.32. The highest BCUT2D eigenvalue weighted by atomic mass is 32.2. The van der Waals surface area contributed by atoms with Gasteiger partial charge in [-0.3, -0.25) is 14.6 Å². The van der Waals surface area contributed by atoms with Crippen LogP contribution in [0.2, 0.25) is 0 Å². The van der Waals surface area contributed by atoms with Gasteiger partial charge >= 0.3 is 5.97 Å². The van der Waals surface area contributed by atoms with Crippen molar-refractivity contribution in [1.82, 2.24) is 10.2 Å². The molecule has 46 heavy (non-hydrogen) atoms. The quantitative estimate of drug-likeness (QED) is 0.335. The van der Waals surface area contributed by atoms with Gasteiger partial charge in [0.05, 0.1) is 32.4 Å². The van der Waals surface area contributed by atoms with E-state index in [1.54, 1.807) is 30.5 Å². The van der Waals surface area contributed by atoms with Gasteiger partial charge in [0, 0.05) is 18.5 Å². The van der Waals surface area contributed by atoms with Gasteiger partial charge < -0.3 is 30.2 Å². The number of thioether (sulfide) groups is 1. The third kappa shape index (κ3) is 7.68. The van der Waals surface area contributed by atoms with Crippen molar-refractivity contribution in [3.8, 4) is 0 Å². The van der Waals surface area contributed by atoms with Crippen molar-refractivity contribution in [2.75, 3.05) is 26.8 Å². The maximum atomic E-state index is 14.1. The molecule has 2 aromatic carbocycles. The highest BCUT2D eigenvalue weighted by molar-refractivity contribution is 8.16. The molecule has 5 atom stereocenters. The fourth-order valence-corrected chi connectivity index (χ4v) is 6.49. The van der Waals surface area contributed by atoms with Gasteiger partial charge in [-0.25, -0.2) is 9.79 Å². The van der Waals surface area contributed by atoms with Crippen LogP contribution in [-0.2, 0) is 41.6 Å². The zero-order chi connectivity index (χ0) is 32.7. The number of nitrogens with one attached hydrogen (secondary N) is 1. The SMILES string of the molecule is COC(=O)[C@@]1(Cc2cccc(C3=NCC=CS3)c2)COC(C2CCCN2C(=O)C(NC(=O)C(C)N)C(C)OCc2ccccc2)=N1. The van der Waals surface area contributed by atoms with E-state index in [0.29, 0.717) is 31.8 Å². The molecule has 12 heteroatoms. The highest BCUT2D eigenvalue weighted by Gasteiger charge is 2.49. The Balaban J connectivity index is 1.36. The van der Waals surface area contributed by atoms with Crippen molar-refractivity contribution >= 4 is 40.5 Å². The predicted molar refractivity (Wildman–Crippen MR) is 177 cm³/mol. The summed E-state index contributed by atoms with van der Waals surface area (Å²) in [6, 6.07) is 15.2. The van der Waals surface area contributed by atoms with E-state index in [-0.39, 0.29) is 25.5 Å². The summed E-state index contributed by atoms with van der Waals surface area (Å²) in [7, 11) is 1.34. The molecule has 3 aliphatic heterocycles. The second kappa shape index (κ2) is 15.1. The van der Waals surface area contributed by atoms with Crippen molar-refractivity contribution in [2.24, 2.45) is 15.7 Å². The molecular formula is C34H41N5O6S. The van der Waals surface area contributed by atoms with E-state index < -0.39 is 41.6 Å². The van der Waals surface area contributed by atoms with E-state index in [9.17, 15) is 14.4 Å². The average Bonchev–Trinajstić information content (AvgIpc) is 3.74. The van der Waals surface area contributed by atoms with Crippen molar-refractivity contribution < 1.29 is 28.6 Å². The van der Waals surface area contributed by atoms with Crippen LogP contribution >= 0.6 is 11.8 Å². The molecule has 3 aliphatic rings. The van der Waals surface area contributed by atoms with E-state index in [2.05, 4.69) is 10.3 Å². The molecule has 0 aromatic heterocycles. The molecule has 1 fully saturated rings. The van der Waals surface area contributed by atoms with E-state index in [1.165, 1.54) is 7.11 Å². The van der Waals surface area contributed by atoms with Crippen molar-refractivity contribution in [3.63, 3.8) is 0 Å². The molecule has 5 rings (SSSR count). The fraction of sp³-hybridized carbons (Fsp3) is 0.441. The lowest BCUT2D eigenvalue weighted by Gasteiger charge is -2.32. The average molecular weight is 648 g/mol. The van der Waals surface area contributed by atoms with Crippen molar-refractivity contribution in [3.05, 3.63) is 82.8 Å². The first-order valence-electron chi connectivity index (χ1n) is 15.5. The lowest BCUT2D eigenvalue weighted by molar-refractivity contribution is -0.147. The lowest BCUT2D eigenvalue weighted by atomic mass is 9.92. The summed E-state index contributed by atoms with van der Waals surface area (Å²) in [5.41, 5.74) is 7.33. The summed E-state index contributed by atoms with van der Waals surface area (Å²) in [6.07, 6.45) is 2.89. The Kier molecular flexibility index (Phi) is 10.9. The maximum absolute atomic E-state index is 14.1. The molecule has 3 heterocycles. The largest absolute Gasteiger partial charge is 0.476 e. The summed E-state index contributed by atoms with van der Waals surface area (Å²) < 4.78 is 17.4. The molecule has 244 valence electrons. The van der Waals surface area contributed by atoms with Crippen LogP contribution in [0.3, 0.4) is 0 Å². The van der Waals surface area contributed by atoms with Crippen molar-refractivity contribution in [2.45, 2.75) is 69.5 Å². The van der Waals surface area contributed by atoms with Gasteiger partial charge in [-0.05, 0) is 49.3 Å². The van der Waals surface area contributed by atoms with E-state index in [4.69, 9.17) is 24.9 Å². The number of methoxy groups -OCH3 is 1. The smallest absolute Gasteiger partial charge is 0.337 e. The molecule has 2 aromatic rings. The molecule has 0 spiro atoms. The molecule has 0 saturated carbocycles. The van der Waals surface area contributed by atoms with E-state index in [1.807, 2.05) is 66.1 Å². The number of benzene rings is 2. The number of likely N-dealkylation sites (tertiary alicyclic amines) is 1. The van der Waals surface area contributed by atoms with Gasteiger partial charge in [-0.2, -0.15) is 0 Å². The van der Waals surface area contributed by atoms with Crippen LogP contribution in [0.1, 0.15) is 43.4 Å². The van der Waals surface area contributed by atoms with Gasteiger partial charge in [0.2, 0.25) is 17.7 Å². The zero-order valence-electron chi connectivity index (χ0n) is 26.4. The van der Waals surface area contributed by atoms with E-state index in [0.717, 1.165) is 21.7 Å². The first kappa shape index (κ1) is 33.4. The Morgan fingerprint density at radius 3 is 2.65 bits per heavy atom. The van der Waals surface area contributed by atoms with Gasteiger partial charge in [0.1, 0.15) is 23.7 Å². The standard InChI is InChI=1S/C34H41N5O6S/c1-22(35)29(40)37-28(23(2)44-20-24-10-5-4-6-11-24)32(41)39-16-8-14-27(39)30-38-34(21-45-30,33(42)43-3)19-25-12-7-13-26(18-25)31-36-15-9-17-46-31/h4-7,9-13,17-18,22-23,27-28H,8,14-16,19-21,35H2,1-3H3,(H,37,40)/t22?,23?,27?,28?,34-/m1/s1. The van der Waals surface area contributed by atoms with Crippen LogP contribution in [-0.4, -0.2) is 90.2 Å². The summed E-state index contributed by atoms with van der Waals surface area (Å²) in [5.74, 6) is -0.994. The predicted octanol–water partition coefficient (Wildman–Crippen LogP) is 3.01. The second-order valence-corrected chi connectivity index (χ2v) is 12.6. The number of hydrogen-bond acceptors (Lipinski definition) is 10. The Labute approximate surface area is 273 Å². The number of hydrogen-bond donors (Lipinski definition) is 2. The molecule has 11 nitrogen and oxygen atoms in total. The number of amides is 2. The second-order valence-electron chi connectivity index (χ2n) is 11.7. The van der Waals surface area contributed by atoms with Gasteiger partial charge in [-0.1, -0.05) is 66.4 Å². The van der Waals surface area contributed by atoms with Crippen LogP contribution in [0.5, 0.6) is 0 Å². The Morgan fingerprint density at radius 2 is 1.93 bits per heavy atom. The third-order valence-corrected chi connectivity index (χ3v) is 9.18. The minimum atomic E-state index is -1.31. The third-order valence-electron chi connectivity index (χ3n) is 8.26. The molecule has 4 unspecified atom stereocenters. The summed E-state index contributed by atoms with van der Waals surface area (Å²) >= 11 is 1.55. The molecule has 0 radical (unpaired) electrons. The molecule has 3 N–H and O–H groups in total. The van der Waals surface area contributed by atoms with Crippen LogP contribution in [0.15, 0.2) is 76.1 Å². The number of esters is 1. The molecule has 0 aliphatic carbocycles. The Morgan fingerprint density at radius 1 is 1.15 bits per heavy atom. The molecule has 2 amide bonds. The first-order chi connectivity index (χ1) is 22.2. The molecule has 0 bridgehead atoms. The van der Waals surface area contributed by atoms with Crippen LogP contribution in [0, 0.1) is 0 Å². The number of rotatable bonds is 12. The minimum Gasteiger partial charge on any atom is -0.476 e. The van der Waals surface area contributed by atoms with Crippen LogP contribution in [0.4, 0.5) is 0 Å². The lowest BCUT2D eigenvalue weighted by Crippen LogP contribution is -2.58. The molecular weight excluding hydrogens is 606 g/mol. The number of carbonyl (C=O) groups excluding carboxylic acids is 3. The zero-order valence-corrected chi connectivity index (χ0v) is 27.2. The maximum Gasteiger partial charge on any atom is 0.337 e. The van der Waals surface area contributed by atoms with E-state index >= 15 is 0 Å². The van der Waals surface area contributed by atoms with Crippen LogP contribution < -0.4 is 11.1 Å². The normalized spacial score (nSPS) is 22.7. The van der Waals surface area contributed by atoms with Gasteiger partial charge in [0.15, 0.2) is 5.54 Å². The van der Waals surface area contributed by atoms with Crippen molar-refractivity contribution in [1.29, 1.82) is 0 Å². The van der Waals surface area contributed by atoms with Gasteiger partial charge in [0.25, 0.3) is 0 Å². The Bertz CT molecular complexity index is 1510. The van der Waals surface area contributed by atoms with Gasteiger partial charge in [-0.15, -0.1) is 0 Å². The topological polar surface area (TPSA) is 145 Å². The number of nitrogens with two attached hydrogens (primary N) is 1. The summed E-state index contributed by atoms with van der Waals surface area (Å²) in [4.78, 5) is 51.2. The number of nitrogens with zero attached hydrogens (tertiary/aromatic N) is 3. The molecule has 1 saturated heterocycles. The summed E-state index contributed by atoms with van der Waals surface area (Å²) in [6.45, 7) is 4.63. The van der Waals surface area contributed by atoms with Crippen LogP contribution in [0.25, 0.3) is 0 Å². The minimum absolute atomic E-state index is 0.0162. The fourth-order valence-electron chi connectivity index (χ4n) is 5.77. The Hall–Kier alpha value is -4.00. The number of aliphatic imine (C=N–C) groups is 2. The monoisotopic (exact) mass is 647 g/mol. The number of carbonyl (C=O) groups is 3. The first-order valence-corrected chi connectivity index (χ1v) is 16.4. The number of ether oxygens (including phenoxy) is 3. The summed E-state index contributed by atoms with van der Waals surface area (Å²) in [5, 5.41) is 5.73.